The number of morpholine rings is 1. The van der Waals surface area contributed by atoms with Crippen LogP contribution in [0.1, 0.15) is 12.5 Å². The van der Waals surface area contributed by atoms with Gasteiger partial charge in [-0.05, 0) is 18.1 Å². The van der Waals surface area contributed by atoms with Gasteiger partial charge in [0.05, 0.1) is 13.2 Å². The fraction of sp³-hybridized carbons (Fsp3) is 0.375. The maximum Gasteiger partial charge on any atom is 0.159 e. The number of aromatic nitrogens is 2. The molecule has 0 atom stereocenters. The normalized spacial score (nSPS) is 14.9. The number of nitrogens with two attached hydrogens (primary N) is 1. The molecule has 1 aliphatic rings. The maximum atomic E-state index is 6.28. The molecule has 6 nitrogen and oxygen atoms in total. The van der Waals surface area contributed by atoms with Gasteiger partial charge < -0.3 is 20.7 Å². The zero-order valence-electron chi connectivity index (χ0n) is 12.7. The summed E-state index contributed by atoms with van der Waals surface area (Å²) in [6.45, 7) is 5.12. The molecule has 6 heteroatoms. The first-order chi connectivity index (χ1) is 10.8. The highest BCUT2D eigenvalue weighted by molar-refractivity contribution is 5.79. The summed E-state index contributed by atoms with van der Waals surface area (Å²) in [5, 5.41) is 3.34. The van der Waals surface area contributed by atoms with Crippen LogP contribution in [0.4, 0.5) is 23.0 Å². The Hall–Kier alpha value is -2.34. The number of hydrogen-bond donors (Lipinski definition) is 2. The van der Waals surface area contributed by atoms with Crippen LogP contribution in [0.3, 0.4) is 0 Å². The number of nitrogens with one attached hydrogen (secondary N) is 1. The Morgan fingerprint density at radius 2 is 2.00 bits per heavy atom. The number of benzene rings is 1. The number of para-hydroxylation sites is 1. The fourth-order valence-electron chi connectivity index (χ4n) is 2.59. The third kappa shape index (κ3) is 2.96. The minimum Gasteiger partial charge on any atom is -0.393 e. The van der Waals surface area contributed by atoms with Crippen molar-refractivity contribution in [3.8, 4) is 0 Å². The molecule has 1 aromatic carbocycles. The molecule has 22 heavy (non-hydrogen) atoms. The SMILES string of the molecule is CCc1ccccc1Nc1ncnc(N2CCOCC2)c1N. The molecule has 0 saturated carbocycles. The Morgan fingerprint density at radius 1 is 1.23 bits per heavy atom. The highest BCUT2D eigenvalue weighted by Gasteiger charge is 2.18. The van der Waals surface area contributed by atoms with Crippen molar-refractivity contribution in [3.63, 3.8) is 0 Å². The predicted molar refractivity (Wildman–Crippen MR) is 88.6 cm³/mol. The van der Waals surface area contributed by atoms with E-state index in [1.165, 1.54) is 5.56 Å². The summed E-state index contributed by atoms with van der Waals surface area (Å²) in [7, 11) is 0. The molecule has 1 fully saturated rings. The van der Waals surface area contributed by atoms with Crippen LogP contribution >= 0.6 is 0 Å². The molecule has 0 aliphatic carbocycles. The van der Waals surface area contributed by atoms with Crippen molar-refractivity contribution in [2.24, 2.45) is 0 Å². The van der Waals surface area contributed by atoms with E-state index in [1.807, 2.05) is 18.2 Å². The smallest absolute Gasteiger partial charge is 0.159 e. The number of nitrogens with zero attached hydrogens (tertiary/aromatic N) is 3. The molecular weight excluding hydrogens is 278 g/mol. The van der Waals surface area contributed by atoms with Crippen LogP contribution in [0, 0.1) is 0 Å². The van der Waals surface area contributed by atoms with E-state index < -0.39 is 0 Å². The highest BCUT2D eigenvalue weighted by atomic mass is 16.5. The number of ether oxygens (including phenoxy) is 1. The largest absolute Gasteiger partial charge is 0.393 e. The maximum absolute atomic E-state index is 6.28. The molecule has 1 aliphatic heterocycles. The van der Waals surface area contributed by atoms with Crippen LogP contribution in [-0.4, -0.2) is 36.3 Å². The minimum absolute atomic E-state index is 0.579. The summed E-state index contributed by atoms with van der Waals surface area (Å²) >= 11 is 0. The first kappa shape index (κ1) is 14.6. The Morgan fingerprint density at radius 3 is 2.77 bits per heavy atom. The van der Waals surface area contributed by atoms with E-state index in [9.17, 15) is 0 Å². The van der Waals surface area contributed by atoms with Crippen molar-refractivity contribution in [1.29, 1.82) is 0 Å². The molecule has 0 bridgehead atoms. The van der Waals surface area contributed by atoms with Crippen LogP contribution in [0.2, 0.25) is 0 Å². The second-order valence-corrected chi connectivity index (χ2v) is 5.19. The quantitative estimate of drug-likeness (QED) is 0.901. The van der Waals surface area contributed by atoms with Crippen LogP contribution in [0.5, 0.6) is 0 Å². The van der Waals surface area contributed by atoms with Crippen molar-refractivity contribution >= 4 is 23.0 Å². The van der Waals surface area contributed by atoms with E-state index in [-0.39, 0.29) is 0 Å². The molecule has 0 unspecified atom stereocenters. The average molecular weight is 299 g/mol. The van der Waals surface area contributed by atoms with Gasteiger partial charge in [0.15, 0.2) is 11.6 Å². The summed E-state index contributed by atoms with van der Waals surface area (Å²) in [5.41, 5.74) is 9.12. The first-order valence-corrected chi connectivity index (χ1v) is 7.57. The van der Waals surface area contributed by atoms with Gasteiger partial charge >= 0.3 is 0 Å². The number of nitrogen functional groups attached to an aromatic ring is 1. The third-order valence-corrected chi connectivity index (χ3v) is 3.82. The van der Waals surface area contributed by atoms with Crippen molar-refractivity contribution in [2.45, 2.75) is 13.3 Å². The van der Waals surface area contributed by atoms with Crippen molar-refractivity contribution in [1.82, 2.24) is 9.97 Å². The Bertz CT molecular complexity index is 640. The second kappa shape index (κ2) is 6.62. The van der Waals surface area contributed by atoms with Gasteiger partial charge in [0.2, 0.25) is 0 Å². The van der Waals surface area contributed by atoms with Gasteiger partial charge in [-0.3, -0.25) is 0 Å². The summed E-state index contributed by atoms with van der Waals surface area (Å²) in [6, 6.07) is 8.17. The average Bonchev–Trinajstić information content (AvgIpc) is 2.58. The standard InChI is InChI=1S/C16H21N5O/c1-2-12-5-3-4-6-13(12)20-15-14(17)16(19-11-18-15)21-7-9-22-10-8-21/h3-6,11H,2,7-10,17H2,1H3,(H,18,19,20). The number of aryl methyl sites for hydroxylation is 1. The third-order valence-electron chi connectivity index (χ3n) is 3.82. The van der Waals surface area contributed by atoms with E-state index in [2.05, 4.69) is 33.2 Å². The minimum atomic E-state index is 0.579. The molecular formula is C16H21N5O. The molecule has 0 spiro atoms. The van der Waals surface area contributed by atoms with Crippen LogP contribution in [0.15, 0.2) is 30.6 Å². The molecule has 0 amide bonds. The number of hydrogen-bond acceptors (Lipinski definition) is 6. The summed E-state index contributed by atoms with van der Waals surface area (Å²) in [4.78, 5) is 10.8. The Kier molecular flexibility index (Phi) is 4.39. The topological polar surface area (TPSA) is 76.3 Å². The van der Waals surface area contributed by atoms with Gasteiger partial charge in [0, 0.05) is 18.8 Å². The van der Waals surface area contributed by atoms with Gasteiger partial charge in [-0.15, -0.1) is 0 Å². The molecule has 2 aromatic rings. The van der Waals surface area contributed by atoms with E-state index >= 15 is 0 Å². The van der Waals surface area contributed by atoms with E-state index in [4.69, 9.17) is 10.5 Å². The number of rotatable bonds is 4. The van der Waals surface area contributed by atoms with Gasteiger partial charge in [0.25, 0.3) is 0 Å². The van der Waals surface area contributed by atoms with E-state index in [1.54, 1.807) is 6.33 Å². The first-order valence-electron chi connectivity index (χ1n) is 7.57. The van der Waals surface area contributed by atoms with Gasteiger partial charge in [-0.2, -0.15) is 0 Å². The van der Waals surface area contributed by atoms with Crippen LogP contribution in [-0.2, 0) is 11.2 Å². The molecule has 3 N–H and O–H groups in total. The molecule has 2 heterocycles. The Labute approximate surface area is 130 Å². The second-order valence-electron chi connectivity index (χ2n) is 5.19. The summed E-state index contributed by atoms with van der Waals surface area (Å²) < 4.78 is 5.38. The van der Waals surface area contributed by atoms with Crippen molar-refractivity contribution in [3.05, 3.63) is 36.2 Å². The zero-order chi connectivity index (χ0) is 15.4. The highest BCUT2D eigenvalue weighted by Crippen LogP contribution is 2.30. The monoisotopic (exact) mass is 299 g/mol. The molecule has 0 radical (unpaired) electrons. The lowest BCUT2D eigenvalue weighted by Crippen LogP contribution is -2.37. The lowest BCUT2D eigenvalue weighted by molar-refractivity contribution is 0.122. The molecule has 1 saturated heterocycles. The number of anilines is 4. The molecule has 1 aromatic heterocycles. The van der Waals surface area contributed by atoms with Crippen molar-refractivity contribution < 1.29 is 4.74 Å². The lowest BCUT2D eigenvalue weighted by Gasteiger charge is -2.29. The van der Waals surface area contributed by atoms with Gasteiger partial charge in [-0.25, -0.2) is 9.97 Å². The molecule has 116 valence electrons. The lowest BCUT2D eigenvalue weighted by atomic mass is 10.1. The van der Waals surface area contributed by atoms with Crippen LogP contribution in [0.25, 0.3) is 0 Å². The summed E-state index contributed by atoms with van der Waals surface area (Å²) in [6.07, 6.45) is 2.50. The van der Waals surface area contributed by atoms with Crippen molar-refractivity contribution in [2.75, 3.05) is 42.3 Å². The van der Waals surface area contributed by atoms with E-state index in [0.717, 1.165) is 31.0 Å². The predicted octanol–water partition coefficient (Wildman–Crippen LogP) is 2.20. The van der Waals surface area contributed by atoms with Gasteiger partial charge in [-0.1, -0.05) is 25.1 Å². The van der Waals surface area contributed by atoms with E-state index in [0.29, 0.717) is 24.7 Å². The zero-order valence-corrected chi connectivity index (χ0v) is 12.7. The fourth-order valence-corrected chi connectivity index (χ4v) is 2.59. The molecule has 3 rings (SSSR count). The Balaban J connectivity index is 1.88. The van der Waals surface area contributed by atoms with Gasteiger partial charge in [0.1, 0.15) is 12.0 Å². The summed E-state index contributed by atoms with van der Waals surface area (Å²) in [5.74, 6) is 1.42. The van der Waals surface area contributed by atoms with Crippen LogP contribution < -0.4 is 16.0 Å².